The molecule has 0 spiro atoms. The third-order valence-corrected chi connectivity index (χ3v) is 4.16. The van der Waals surface area contributed by atoms with E-state index in [9.17, 15) is 4.79 Å². The zero-order valence-corrected chi connectivity index (χ0v) is 12.4. The van der Waals surface area contributed by atoms with Gasteiger partial charge in [-0.15, -0.1) is 0 Å². The topological polar surface area (TPSA) is 29.5 Å². The molecule has 1 aliphatic rings. The maximum atomic E-state index is 12.5. The standard InChI is InChI=1S/C14H18BrNO2/c1-10-5-3-4-8-16(10)14(17)12-9-11(18-2)6-7-13(12)15/h6-7,9-10H,3-5,8H2,1-2H3. The van der Waals surface area contributed by atoms with Crippen molar-refractivity contribution in [3.8, 4) is 5.75 Å². The van der Waals surface area contributed by atoms with Crippen LogP contribution in [0.3, 0.4) is 0 Å². The van der Waals surface area contributed by atoms with Crippen LogP contribution in [0.1, 0.15) is 36.5 Å². The summed E-state index contributed by atoms with van der Waals surface area (Å²) in [6.45, 7) is 2.97. The number of amides is 1. The van der Waals surface area contributed by atoms with Crippen molar-refractivity contribution < 1.29 is 9.53 Å². The molecular formula is C14H18BrNO2. The minimum absolute atomic E-state index is 0.0907. The number of ether oxygens (including phenoxy) is 1. The summed E-state index contributed by atoms with van der Waals surface area (Å²) >= 11 is 3.44. The SMILES string of the molecule is COc1ccc(Br)c(C(=O)N2CCCCC2C)c1. The molecule has 2 rings (SSSR count). The number of hydrogen-bond donors (Lipinski definition) is 0. The molecule has 0 saturated carbocycles. The van der Waals surface area contributed by atoms with Crippen LogP contribution in [0.5, 0.6) is 5.75 Å². The molecule has 1 aromatic rings. The Labute approximate surface area is 116 Å². The molecule has 98 valence electrons. The average molecular weight is 312 g/mol. The Morgan fingerprint density at radius 3 is 2.89 bits per heavy atom. The van der Waals surface area contributed by atoms with Crippen molar-refractivity contribution in [2.75, 3.05) is 13.7 Å². The summed E-state index contributed by atoms with van der Waals surface area (Å²) < 4.78 is 6.01. The van der Waals surface area contributed by atoms with Gasteiger partial charge < -0.3 is 9.64 Å². The van der Waals surface area contributed by atoms with Crippen molar-refractivity contribution in [1.29, 1.82) is 0 Å². The summed E-state index contributed by atoms with van der Waals surface area (Å²) in [5.74, 6) is 0.805. The zero-order chi connectivity index (χ0) is 13.1. The lowest BCUT2D eigenvalue weighted by atomic mass is 10.0. The highest BCUT2D eigenvalue weighted by atomic mass is 79.9. The smallest absolute Gasteiger partial charge is 0.255 e. The van der Waals surface area contributed by atoms with E-state index in [0.717, 1.165) is 23.9 Å². The summed E-state index contributed by atoms with van der Waals surface area (Å²) in [5.41, 5.74) is 0.683. The molecule has 18 heavy (non-hydrogen) atoms. The maximum Gasteiger partial charge on any atom is 0.255 e. The number of hydrogen-bond acceptors (Lipinski definition) is 2. The molecule has 1 aromatic carbocycles. The van der Waals surface area contributed by atoms with Crippen molar-refractivity contribution in [2.45, 2.75) is 32.2 Å². The van der Waals surface area contributed by atoms with Crippen molar-refractivity contribution >= 4 is 21.8 Å². The van der Waals surface area contributed by atoms with Crippen LogP contribution in [-0.2, 0) is 0 Å². The average Bonchev–Trinajstić information content (AvgIpc) is 2.39. The van der Waals surface area contributed by atoms with Crippen LogP contribution in [0.2, 0.25) is 0 Å². The molecule has 3 nitrogen and oxygen atoms in total. The van der Waals surface area contributed by atoms with Crippen molar-refractivity contribution in [1.82, 2.24) is 4.90 Å². The number of rotatable bonds is 2. The fourth-order valence-corrected chi connectivity index (χ4v) is 2.77. The van der Waals surface area contributed by atoms with Gasteiger partial charge in [-0.05, 0) is 60.3 Å². The zero-order valence-electron chi connectivity index (χ0n) is 10.8. The van der Waals surface area contributed by atoms with Gasteiger partial charge in [0.2, 0.25) is 0 Å². The maximum absolute atomic E-state index is 12.5. The molecule has 1 fully saturated rings. The second-order valence-electron chi connectivity index (χ2n) is 4.69. The molecule has 1 unspecified atom stereocenters. The van der Waals surface area contributed by atoms with Gasteiger partial charge in [0.05, 0.1) is 12.7 Å². The summed E-state index contributed by atoms with van der Waals surface area (Å²) in [6, 6.07) is 5.83. The fraction of sp³-hybridized carbons (Fsp3) is 0.500. The first-order valence-electron chi connectivity index (χ1n) is 6.28. The molecule has 1 aliphatic heterocycles. The third kappa shape index (κ3) is 2.69. The highest BCUT2D eigenvalue weighted by Gasteiger charge is 2.25. The van der Waals surface area contributed by atoms with E-state index < -0.39 is 0 Å². The molecule has 1 amide bonds. The third-order valence-electron chi connectivity index (χ3n) is 3.47. The number of benzene rings is 1. The monoisotopic (exact) mass is 311 g/mol. The quantitative estimate of drug-likeness (QED) is 0.837. The number of halogens is 1. The minimum atomic E-state index is 0.0907. The van der Waals surface area contributed by atoms with E-state index in [2.05, 4.69) is 22.9 Å². The van der Waals surface area contributed by atoms with E-state index in [-0.39, 0.29) is 5.91 Å². The first-order valence-corrected chi connectivity index (χ1v) is 7.07. The normalized spacial score (nSPS) is 19.7. The van der Waals surface area contributed by atoms with E-state index in [1.54, 1.807) is 13.2 Å². The number of piperidine rings is 1. The summed E-state index contributed by atoms with van der Waals surface area (Å²) in [5, 5.41) is 0. The van der Waals surface area contributed by atoms with Gasteiger partial charge in [-0.25, -0.2) is 0 Å². The van der Waals surface area contributed by atoms with Crippen LogP contribution in [0.25, 0.3) is 0 Å². The van der Waals surface area contributed by atoms with Crippen molar-refractivity contribution in [2.24, 2.45) is 0 Å². The Hall–Kier alpha value is -1.03. The molecular weight excluding hydrogens is 294 g/mol. The number of nitrogens with zero attached hydrogens (tertiary/aromatic N) is 1. The van der Waals surface area contributed by atoms with Gasteiger partial charge in [-0.1, -0.05) is 0 Å². The van der Waals surface area contributed by atoms with Crippen LogP contribution in [0.15, 0.2) is 22.7 Å². The highest BCUT2D eigenvalue weighted by molar-refractivity contribution is 9.10. The molecule has 0 bridgehead atoms. The Kier molecular flexibility index (Phi) is 4.27. The van der Waals surface area contributed by atoms with Crippen LogP contribution in [-0.4, -0.2) is 30.5 Å². The number of carbonyl (C=O) groups is 1. The number of methoxy groups -OCH3 is 1. The van der Waals surface area contributed by atoms with E-state index in [1.807, 2.05) is 17.0 Å². The second-order valence-corrected chi connectivity index (χ2v) is 5.54. The van der Waals surface area contributed by atoms with Crippen LogP contribution >= 0.6 is 15.9 Å². The van der Waals surface area contributed by atoms with E-state index in [4.69, 9.17) is 4.74 Å². The van der Waals surface area contributed by atoms with Gasteiger partial charge >= 0.3 is 0 Å². The van der Waals surface area contributed by atoms with E-state index >= 15 is 0 Å². The molecule has 1 heterocycles. The molecule has 0 aliphatic carbocycles. The lowest BCUT2D eigenvalue weighted by molar-refractivity contribution is 0.0634. The largest absolute Gasteiger partial charge is 0.497 e. The van der Waals surface area contributed by atoms with Gasteiger partial charge in [-0.2, -0.15) is 0 Å². The predicted molar refractivity (Wildman–Crippen MR) is 75.0 cm³/mol. The number of carbonyl (C=O) groups excluding carboxylic acids is 1. The second kappa shape index (κ2) is 5.74. The molecule has 0 N–H and O–H groups in total. The lowest BCUT2D eigenvalue weighted by Crippen LogP contribution is -2.42. The van der Waals surface area contributed by atoms with Crippen molar-refractivity contribution in [3.63, 3.8) is 0 Å². The van der Waals surface area contributed by atoms with Crippen LogP contribution < -0.4 is 4.74 Å². The Morgan fingerprint density at radius 2 is 2.22 bits per heavy atom. The molecule has 0 radical (unpaired) electrons. The molecule has 0 aromatic heterocycles. The lowest BCUT2D eigenvalue weighted by Gasteiger charge is -2.33. The van der Waals surface area contributed by atoms with E-state index in [1.165, 1.54) is 6.42 Å². The molecule has 1 atom stereocenters. The van der Waals surface area contributed by atoms with Gasteiger partial charge in [0, 0.05) is 17.1 Å². The van der Waals surface area contributed by atoms with Crippen molar-refractivity contribution in [3.05, 3.63) is 28.2 Å². The number of likely N-dealkylation sites (tertiary alicyclic amines) is 1. The summed E-state index contributed by atoms with van der Waals surface area (Å²) in [6.07, 6.45) is 3.40. The van der Waals surface area contributed by atoms with Crippen LogP contribution in [0, 0.1) is 0 Å². The van der Waals surface area contributed by atoms with Gasteiger partial charge in [0.25, 0.3) is 5.91 Å². The van der Waals surface area contributed by atoms with Gasteiger partial charge in [0.1, 0.15) is 5.75 Å². The Morgan fingerprint density at radius 1 is 1.44 bits per heavy atom. The predicted octanol–water partition coefficient (Wildman–Crippen LogP) is 3.47. The fourth-order valence-electron chi connectivity index (χ4n) is 2.35. The highest BCUT2D eigenvalue weighted by Crippen LogP contribution is 2.26. The molecule has 4 heteroatoms. The Bertz CT molecular complexity index is 447. The van der Waals surface area contributed by atoms with Gasteiger partial charge in [-0.3, -0.25) is 4.79 Å². The Balaban J connectivity index is 2.27. The van der Waals surface area contributed by atoms with Gasteiger partial charge in [0.15, 0.2) is 0 Å². The molecule has 1 saturated heterocycles. The first kappa shape index (κ1) is 13.4. The minimum Gasteiger partial charge on any atom is -0.497 e. The summed E-state index contributed by atoms with van der Waals surface area (Å²) in [4.78, 5) is 14.5. The first-order chi connectivity index (χ1) is 8.63. The van der Waals surface area contributed by atoms with E-state index in [0.29, 0.717) is 17.4 Å². The van der Waals surface area contributed by atoms with Crippen LogP contribution in [0.4, 0.5) is 0 Å². The summed E-state index contributed by atoms with van der Waals surface area (Å²) in [7, 11) is 1.61.